The summed E-state index contributed by atoms with van der Waals surface area (Å²) in [6.45, 7) is 2.65. The van der Waals surface area contributed by atoms with Gasteiger partial charge in [-0.05, 0) is 54.3 Å². The van der Waals surface area contributed by atoms with E-state index in [1.807, 2.05) is 60.0 Å². The van der Waals surface area contributed by atoms with Crippen LogP contribution < -0.4 is 5.56 Å². The molecule has 0 spiro atoms. The summed E-state index contributed by atoms with van der Waals surface area (Å²) in [6.07, 6.45) is 0.610. The van der Waals surface area contributed by atoms with Gasteiger partial charge >= 0.3 is 0 Å². The highest BCUT2D eigenvalue weighted by atomic mass is 79.9. The third kappa shape index (κ3) is 2.96. The molecule has 4 heteroatoms. The second-order valence-corrected chi connectivity index (χ2v) is 6.58. The molecule has 0 saturated heterocycles. The molecule has 0 N–H and O–H groups in total. The van der Waals surface area contributed by atoms with Crippen molar-refractivity contribution in [3.05, 3.63) is 79.5 Å². The van der Waals surface area contributed by atoms with E-state index in [0.29, 0.717) is 18.0 Å². The molecule has 0 saturated carbocycles. The average molecular weight is 377 g/mol. The van der Waals surface area contributed by atoms with Crippen molar-refractivity contribution < 1.29 is 0 Å². The Bertz CT molecular complexity index is 884. The van der Waals surface area contributed by atoms with E-state index in [0.717, 1.165) is 26.5 Å². The molecule has 1 heterocycles. The molecule has 0 amide bonds. The van der Waals surface area contributed by atoms with Crippen LogP contribution >= 0.6 is 27.5 Å². The molecule has 3 aromatic rings. The number of rotatable bonds is 3. The fourth-order valence-corrected chi connectivity index (χ4v) is 3.19. The average Bonchev–Trinajstić information content (AvgIpc) is 2.50. The summed E-state index contributed by atoms with van der Waals surface area (Å²) < 4.78 is 2.84. The first-order valence-electron chi connectivity index (χ1n) is 7.15. The number of hydrogen-bond acceptors (Lipinski definition) is 1. The van der Waals surface area contributed by atoms with Crippen molar-refractivity contribution >= 4 is 38.4 Å². The first-order chi connectivity index (χ1) is 10.6. The standard InChI is InChI=1S/C18H15BrClNO/c1-2-21-17-8-5-15(19)11-13(17)10-14(18(21)22)9-12-3-6-16(20)7-4-12/h3-8,10-11H,2,9H2,1H3. The van der Waals surface area contributed by atoms with Gasteiger partial charge in [0.2, 0.25) is 0 Å². The van der Waals surface area contributed by atoms with E-state index in [1.54, 1.807) is 0 Å². The highest BCUT2D eigenvalue weighted by Gasteiger charge is 2.09. The fraction of sp³-hybridized carbons (Fsp3) is 0.167. The quantitative estimate of drug-likeness (QED) is 0.628. The van der Waals surface area contributed by atoms with Gasteiger partial charge in [0.05, 0.1) is 5.52 Å². The van der Waals surface area contributed by atoms with Gasteiger partial charge in [-0.2, -0.15) is 0 Å². The van der Waals surface area contributed by atoms with E-state index in [1.165, 1.54) is 0 Å². The molecular formula is C18H15BrClNO. The second-order valence-electron chi connectivity index (χ2n) is 5.23. The van der Waals surface area contributed by atoms with Crippen molar-refractivity contribution in [2.45, 2.75) is 19.9 Å². The summed E-state index contributed by atoms with van der Waals surface area (Å²) in [5.41, 5.74) is 2.93. The first kappa shape index (κ1) is 15.3. The maximum atomic E-state index is 12.7. The molecule has 0 bridgehead atoms. The summed E-state index contributed by atoms with van der Waals surface area (Å²) in [4.78, 5) is 12.7. The van der Waals surface area contributed by atoms with E-state index >= 15 is 0 Å². The Labute approximate surface area is 142 Å². The van der Waals surface area contributed by atoms with E-state index < -0.39 is 0 Å². The Hall–Kier alpha value is -1.58. The molecule has 2 nitrogen and oxygen atoms in total. The van der Waals surface area contributed by atoms with Crippen molar-refractivity contribution in [3.8, 4) is 0 Å². The molecule has 0 fully saturated rings. The topological polar surface area (TPSA) is 22.0 Å². The number of pyridine rings is 1. The predicted molar refractivity (Wildman–Crippen MR) is 95.8 cm³/mol. The van der Waals surface area contributed by atoms with E-state index in [2.05, 4.69) is 15.9 Å². The molecule has 0 aliphatic heterocycles. The van der Waals surface area contributed by atoms with Crippen LogP contribution in [0.25, 0.3) is 10.9 Å². The van der Waals surface area contributed by atoms with Crippen LogP contribution in [-0.2, 0) is 13.0 Å². The molecule has 1 aromatic heterocycles. The number of aromatic nitrogens is 1. The molecule has 0 aliphatic carbocycles. The van der Waals surface area contributed by atoms with Gasteiger partial charge in [0, 0.05) is 28.0 Å². The van der Waals surface area contributed by atoms with Gasteiger partial charge in [0.25, 0.3) is 5.56 Å². The van der Waals surface area contributed by atoms with Gasteiger partial charge in [-0.1, -0.05) is 39.7 Å². The van der Waals surface area contributed by atoms with E-state index in [4.69, 9.17) is 11.6 Å². The number of hydrogen-bond donors (Lipinski definition) is 0. The van der Waals surface area contributed by atoms with Crippen LogP contribution in [-0.4, -0.2) is 4.57 Å². The third-order valence-electron chi connectivity index (χ3n) is 3.75. The van der Waals surface area contributed by atoms with Crippen molar-refractivity contribution in [3.63, 3.8) is 0 Å². The number of aryl methyl sites for hydroxylation is 1. The number of benzene rings is 2. The lowest BCUT2D eigenvalue weighted by Gasteiger charge is -2.11. The van der Waals surface area contributed by atoms with Crippen LogP contribution in [0, 0.1) is 0 Å². The Morgan fingerprint density at radius 3 is 2.50 bits per heavy atom. The van der Waals surface area contributed by atoms with E-state index in [-0.39, 0.29) is 5.56 Å². The molecule has 0 radical (unpaired) electrons. The summed E-state index contributed by atoms with van der Waals surface area (Å²) in [7, 11) is 0. The van der Waals surface area contributed by atoms with E-state index in [9.17, 15) is 4.79 Å². The Morgan fingerprint density at radius 1 is 1.09 bits per heavy atom. The molecule has 0 unspecified atom stereocenters. The van der Waals surface area contributed by atoms with Crippen LogP contribution in [0.4, 0.5) is 0 Å². The van der Waals surface area contributed by atoms with Crippen molar-refractivity contribution in [2.24, 2.45) is 0 Å². The normalized spacial score (nSPS) is 11.0. The van der Waals surface area contributed by atoms with Crippen molar-refractivity contribution in [2.75, 3.05) is 0 Å². The summed E-state index contributed by atoms with van der Waals surface area (Å²) >= 11 is 9.41. The maximum Gasteiger partial charge on any atom is 0.254 e. The maximum absolute atomic E-state index is 12.7. The van der Waals surface area contributed by atoms with Gasteiger partial charge in [0.15, 0.2) is 0 Å². The van der Waals surface area contributed by atoms with Crippen LogP contribution in [0.1, 0.15) is 18.1 Å². The van der Waals surface area contributed by atoms with Crippen LogP contribution in [0.2, 0.25) is 5.02 Å². The number of nitrogens with zero attached hydrogens (tertiary/aromatic N) is 1. The zero-order valence-corrected chi connectivity index (χ0v) is 14.5. The molecular weight excluding hydrogens is 362 g/mol. The summed E-state index contributed by atoms with van der Waals surface area (Å²) in [6, 6.07) is 15.6. The summed E-state index contributed by atoms with van der Waals surface area (Å²) in [5.74, 6) is 0. The smallest absolute Gasteiger partial charge is 0.254 e. The first-order valence-corrected chi connectivity index (χ1v) is 8.32. The monoisotopic (exact) mass is 375 g/mol. The molecule has 22 heavy (non-hydrogen) atoms. The minimum Gasteiger partial charge on any atom is -0.308 e. The van der Waals surface area contributed by atoms with Crippen LogP contribution in [0.3, 0.4) is 0 Å². The highest BCUT2D eigenvalue weighted by Crippen LogP contribution is 2.21. The molecule has 112 valence electrons. The highest BCUT2D eigenvalue weighted by molar-refractivity contribution is 9.10. The largest absolute Gasteiger partial charge is 0.308 e. The third-order valence-corrected chi connectivity index (χ3v) is 4.50. The molecule has 0 atom stereocenters. The minimum absolute atomic E-state index is 0.0762. The van der Waals surface area contributed by atoms with Gasteiger partial charge in [-0.3, -0.25) is 4.79 Å². The van der Waals surface area contributed by atoms with Crippen LogP contribution in [0.15, 0.2) is 57.8 Å². The van der Waals surface area contributed by atoms with Gasteiger partial charge in [-0.25, -0.2) is 0 Å². The second kappa shape index (κ2) is 6.27. The zero-order chi connectivity index (χ0) is 15.7. The number of halogens is 2. The predicted octanol–water partition coefficient (Wildman–Crippen LogP) is 5.03. The zero-order valence-electron chi connectivity index (χ0n) is 12.1. The summed E-state index contributed by atoms with van der Waals surface area (Å²) in [5, 5.41) is 1.77. The molecule has 0 aliphatic rings. The Kier molecular flexibility index (Phi) is 4.37. The van der Waals surface area contributed by atoms with Gasteiger partial charge < -0.3 is 4.57 Å². The van der Waals surface area contributed by atoms with Gasteiger partial charge in [0.1, 0.15) is 0 Å². The lowest BCUT2D eigenvalue weighted by Crippen LogP contribution is -2.23. The minimum atomic E-state index is 0.0762. The van der Waals surface area contributed by atoms with Crippen molar-refractivity contribution in [1.82, 2.24) is 4.57 Å². The lowest BCUT2D eigenvalue weighted by atomic mass is 10.0. The molecule has 3 rings (SSSR count). The Morgan fingerprint density at radius 2 is 1.82 bits per heavy atom. The Balaban J connectivity index is 2.14. The van der Waals surface area contributed by atoms with Gasteiger partial charge in [-0.15, -0.1) is 0 Å². The molecule has 2 aromatic carbocycles. The van der Waals surface area contributed by atoms with Crippen molar-refractivity contribution in [1.29, 1.82) is 0 Å². The SMILES string of the molecule is CCn1c(=O)c(Cc2ccc(Cl)cc2)cc2cc(Br)ccc21. The fourth-order valence-electron chi connectivity index (χ4n) is 2.68. The number of fused-ring (bicyclic) bond motifs is 1. The lowest BCUT2D eigenvalue weighted by molar-refractivity contribution is 0.750. The van der Waals surface area contributed by atoms with Crippen LogP contribution in [0.5, 0.6) is 0 Å².